The van der Waals surface area contributed by atoms with E-state index in [4.69, 9.17) is 19.4 Å². The van der Waals surface area contributed by atoms with Crippen molar-refractivity contribution in [2.75, 3.05) is 81.3 Å². The van der Waals surface area contributed by atoms with Gasteiger partial charge in [-0.25, -0.2) is 18.4 Å². The molecule has 68 heavy (non-hydrogen) atoms. The molecule has 5 aromatic rings. The number of carbonyl (C=O) groups is 3. The molecule has 5 aliphatic heterocycles. The molecule has 0 radical (unpaired) electrons. The first-order valence-corrected chi connectivity index (χ1v) is 24.2. The van der Waals surface area contributed by atoms with E-state index in [9.17, 15) is 14.4 Å². The quantitative estimate of drug-likeness (QED) is 0.199. The Balaban J connectivity index is 0.753. The number of piperidine rings is 2. The van der Waals surface area contributed by atoms with E-state index in [1.165, 1.54) is 12.1 Å². The average Bonchev–Trinajstić information content (AvgIpc) is 4.02. The number of rotatable bonds is 7. The molecule has 16 nitrogen and oxygen atoms in total. The number of aryl methyl sites for hydroxylation is 2. The Morgan fingerprint density at radius 1 is 0.824 bits per heavy atom. The third-order valence-corrected chi connectivity index (χ3v) is 15.5. The summed E-state index contributed by atoms with van der Waals surface area (Å²) in [4.78, 5) is 57.5. The molecule has 0 unspecified atom stereocenters. The number of nitrogens with one attached hydrogen (secondary N) is 2. The highest BCUT2D eigenvalue weighted by Crippen LogP contribution is 2.39. The second kappa shape index (κ2) is 18.2. The standard InChI is InChI=1S/C50H59F2N11O5/c1-29-16-32-18-43(54-29)39-22-53-58(2)49(39)68-27-31-5-4-30(17-31)23-63-44-21-34(6-8-42(44)55-50(63)57-47(32)65)60-14-15-62(37(26-60)28-67-3)36-24-61(25-36)33-10-12-59(13-11-33)35-19-40(51)46(41(52)20-35)38-7-9-45(64)56-48(38)66/h6,8,16,18-22,30-31,33,36-38H,4-5,7,9-15,17,23-28H2,1-3H3,(H,55,57,65)(H,56,64,66)/t30-,31+,37+,38-/m1/s1. The van der Waals surface area contributed by atoms with Gasteiger partial charge in [0, 0.05) is 113 Å². The molecular formula is C50H59F2N11O5. The molecule has 0 spiro atoms. The summed E-state index contributed by atoms with van der Waals surface area (Å²) >= 11 is 0. The molecule has 4 saturated heterocycles. The van der Waals surface area contributed by atoms with Crippen molar-refractivity contribution in [3.05, 3.63) is 77.1 Å². The summed E-state index contributed by atoms with van der Waals surface area (Å²) in [5.74, 6) is -1.83. The van der Waals surface area contributed by atoms with Gasteiger partial charge in [0.25, 0.3) is 5.91 Å². The van der Waals surface area contributed by atoms with Crippen molar-refractivity contribution in [3.63, 3.8) is 0 Å². The molecule has 6 aliphatic rings. The van der Waals surface area contributed by atoms with Crippen molar-refractivity contribution in [2.24, 2.45) is 18.9 Å². The van der Waals surface area contributed by atoms with Crippen LogP contribution in [0.15, 0.2) is 48.7 Å². The number of benzene rings is 2. The fourth-order valence-corrected chi connectivity index (χ4v) is 11.9. The largest absolute Gasteiger partial charge is 0.477 e. The maximum Gasteiger partial charge on any atom is 0.258 e. The number of fused-ring (bicyclic) bond motifs is 9. The molecule has 11 rings (SSSR count). The average molecular weight is 932 g/mol. The van der Waals surface area contributed by atoms with Crippen LogP contribution in [0.1, 0.15) is 72.5 Å². The number of imide groups is 1. The molecule has 18 heteroatoms. The van der Waals surface area contributed by atoms with Gasteiger partial charge in [0.15, 0.2) is 0 Å². The van der Waals surface area contributed by atoms with Crippen molar-refractivity contribution < 1.29 is 32.6 Å². The lowest BCUT2D eigenvalue weighted by Crippen LogP contribution is -2.69. The summed E-state index contributed by atoms with van der Waals surface area (Å²) in [6.45, 7) is 9.69. The molecule has 5 fully saturated rings. The fourth-order valence-electron chi connectivity index (χ4n) is 11.9. The lowest BCUT2D eigenvalue weighted by molar-refractivity contribution is -0.134. The van der Waals surface area contributed by atoms with Crippen molar-refractivity contribution in [1.82, 2.24) is 39.4 Å². The monoisotopic (exact) mass is 931 g/mol. The number of likely N-dealkylation sites (tertiary alicyclic amines) is 1. The highest BCUT2D eigenvalue weighted by atomic mass is 19.1. The summed E-state index contributed by atoms with van der Waals surface area (Å²) in [5, 5.41) is 9.87. The van der Waals surface area contributed by atoms with E-state index >= 15 is 8.78 Å². The predicted molar refractivity (Wildman–Crippen MR) is 252 cm³/mol. The number of carbonyl (C=O) groups excluding carboxylic acids is 3. The van der Waals surface area contributed by atoms with Crippen LogP contribution in [-0.4, -0.2) is 136 Å². The van der Waals surface area contributed by atoms with Gasteiger partial charge in [-0.15, -0.1) is 0 Å². The Kier molecular flexibility index (Phi) is 11.9. The molecule has 3 amide bonds. The SMILES string of the molecule is COC[C@@H]1CN(c2ccc3nc4n(c3c2)C[C@@H]2CC[C@H](COc3c(cnn3C)-c3cc(cc(C)n3)C(=O)N4)C2)CCN1C1CN(C2CCN(c3cc(F)c([C@H]4CCC(=O)NC4=O)c(F)c3)CC2)C1. The first-order chi connectivity index (χ1) is 33.0. The molecular weight excluding hydrogens is 873 g/mol. The summed E-state index contributed by atoms with van der Waals surface area (Å²) in [7, 11) is 3.64. The summed E-state index contributed by atoms with van der Waals surface area (Å²) in [5.41, 5.74) is 5.79. The number of imidazole rings is 1. The zero-order chi connectivity index (χ0) is 46.8. The van der Waals surface area contributed by atoms with Crippen LogP contribution in [0.3, 0.4) is 0 Å². The van der Waals surface area contributed by atoms with Crippen LogP contribution in [0.5, 0.6) is 5.88 Å². The number of hydrogen-bond acceptors (Lipinski definition) is 12. The Labute approximate surface area is 393 Å². The van der Waals surface area contributed by atoms with Crippen molar-refractivity contribution in [1.29, 1.82) is 0 Å². The number of ether oxygens (including phenoxy) is 2. The van der Waals surface area contributed by atoms with Crippen molar-refractivity contribution >= 4 is 46.1 Å². The van der Waals surface area contributed by atoms with E-state index in [0.29, 0.717) is 79.0 Å². The molecule has 1 aliphatic carbocycles. The number of anilines is 3. The van der Waals surface area contributed by atoms with Crippen LogP contribution in [0.2, 0.25) is 0 Å². The molecule has 4 atom stereocenters. The molecule has 358 valence electrons. The van der Waals surface area contributed by atoms with E-state index in [-0.39, 0.29) is 30.4 Å². The van der Waals surface area contributed by atoms with Crippen LogP contribution in [0, 0.1) is 30.4 Å². The van der Waals surface area contributed by atoms with Gasteiger partial charge in [-0.1, -0.05) is 0 Å². The van der Waals surface area contributed by atoms with Gasteiger partial charge in [0.1, 0.15) is 11.6 Å². The van der Waals surface area contributed by atoms with E-state index in [0.717, 1.165) is 99.4 Å². The van der Waals surface area contributed by atoms with Gasteiger partial charge in [0.2, 0.25) is 23.6 Å². The maximum absolute atomic E-state index is 15.4. The Hall–Kier alpha value is -5.98. The summed E-state index contributed by atoms with van der Waals surface area (Å²) in [6.07, 6.45) is 6.81. The maximum atomic E-state index is 15.4. The second-order valence-corrected chi connectivity index (χ2v) is 19.8. The highest BCUT2D eigenvalue weighted by molar-refractivity contribution is 6.05. The third-order valence-electron chi connectivity index (χ3n) is 15.5. The van der Waals surface area contributed by atoms with Gasteiger partial charge >= 0.3 is 0 Å². The first-order valence-electron chi connectivity index (χ1n) is 24.2. The molecule has 4 bridgehead atoms. The molecule has 1 saturated carbocycles. The van der Waals surface area contributed by atoms with Gasteiger partial charge in [-0.3, -0.25) is 39.8 Å². The Bertz CT molecular complexity index is 2740. The van der Waals surface area contributed by atoms with E-state index in [1.54, 1.807) is 30.1 Å². The summed E-state index contributed by atoms with van der Waals surface area (Å²) < 4.78 is 47.0. The van der Waals surface area contributed by atoms with Gasteiger partial charge in [0.05, 0.1) is 53.7 Å². The van der Waals surface area contributed by atoms with Crippen LogP contribution in [-0.2, 0) is 27.9 Å². The Morgan fingerprint density at radius 2 is 1.62 bits per heavy atom. The van der Waals surface area contributed by atoms with Gasteiger partial charge < -0.3 is 23.8 Å². The van der Waals surface area contributed by atoms with Crippen molar-refractivity contribution in [2.45, 2.75) is 82.5 Å². The van der Waals surface area contributed by atoms with Crippen LogP contribution in [0.25, 0.3) is 22.3 Å². The molecule has 8 heterocycles. The van der Waals surface area contributed by atoms with Crippen LogP contribution in [0.4, 0.5) is 26.1 Å². The number of piperazine rings is 1. The van der Waals surface area contributed by atoms with E-state index < -0.39 is 29.4 Å². The number of aromatic nitrogens is 5. The number of nitrogens with zero attached hydrogens (tertiary/aromatic N) is 9. The lowest BCUT2D eigenvalue weighted by atomic mass is 9.89. The molecule has 2 aromatic carbocycles. The number of methoxy groups -OCH3 is 1. The second-order valence-electron chi connectivity index (χ2n) is 19.8. The normalized spacial score (nSPS) is 24.5. The third kappa shape index (κ3) is 8.48. The van der Waals surface area contributed by atoms with Gasteiger partial charge in [-0.2, -0.15) is 5.10 Å². The number of pyridine rings is 1. The number of amides is 3. The minimum absolute atomic E-state index is 0.0593. The topological polar surface area (TPSA) is 155 Å². The zero-order valence-corrected chi connectivity index (χ0v) is 38.9. The Morgan fingerprint density at radius 3 is 2.40 bits per heavy atom. The minimum Gasteiger partial charge on any atom is -0.477 e. The number of halogens is 2. The summed E-state index contributed by atoms with van der Waals surface area (Å²) in [6, 6.07) is 13.7. The number of hydrogen-bond donors (Lipinski definition) is 2. The van der Waals surface area contributed by atoms with E-state index in [1.807, 2.05) is 18.9 Å². The van der Waals surface area contributed by atoms with E-state index in [2.05, 4.69) is 53.2 Å². The zero-order valence-electron chi connectivity index (χ0n) is 38.9. The predicted octanol–water partition coefficient (Wildman–Crippen LogP) is 5.49. The molecule has 3 aromatic heterocycles. The minimum atomic E-state index is -1.01. The lowest BCUT2D eigenvalue weighted by Gasteiger charge is -2.54. The highest BCUT2D eigenvalue weighted by Gasteiger charge is 2.42. The van der Waals surface area contributed by atoms with Gasteiger partial charge in [-0.05, 0) is 99.7 Å². The smallest absolute Gasteiger partial charge is 0.258 e. The van der Waals surface area contributed by atoms with Crippen LogP contribution >= 0.6 is 0 Å². The van der Waals surface area contributed by atoms with Crippen LogP contribution < -0.4 is 25.2 Å². The fraction of sp³-hybridized carbons (Fsp3) is 0.520. The molecule has 2 N–H and O–H groups in total. The van der Waals surface area contributed by atoms with Crippen molar-refractivity contribution in [3.8, 4) is 17.1 Å². The first kappa shape index (κ1) is 44.5.